The van der Waals surface area contributed by atoms with E-state index in [9.17, 15) is 4.79 Å². The van der Waals surface area contributed by atoms with E-state index in [1.54, 1.807) is 6.92 Å². The molecule has 1 N–H and O–H groups in total. The molecule has 0 saturated carbocycles. The smallest absolute Gasteiger partial charge is 0.219 e. The van der Waals surface area contributed by atoms with Gasteiger partial charge in [-0.15, -0.1) is 0 Å². The molecule has 98 valence electrons. The first kappa shape index (κ1) is 12.9. The zero-order valence-corrected chi connectivity index (χ0v) is 11.0. The van der Waals surface area contributed by atoms with Gasteiger partial charge in [0.2, 0.25) is 5.91 Å². The van der Waals surface area contributed by atoms with Crippen molar-refractivity contribution in [2.24, 2.45) is 0 Å². The summed E-state index contributed by atoms with van der Waals surface area (Å²) in [4.78, 5) is 15.4. The zero-order chi connectivity index (χ0) is 13.1. The Hall–Kier alpha value is -1.55. The molecule has 1 aromatic rings. The van der Waals surface area contributed by atoms with Crippen LogP contribution in [-0.2, 0) is 11.4 Å². The van der Waals surface area contributed by atoms with E-state index in [0.717, 1.165) is 37.3 Å². The lowest BCUT2D eigenvalue weighted by molar-refractivity contribution is -0.129. The monoisotopic (exact) mass is 248 g/mol. The number of hydrogen-bond donors (Lipinski definition) is 1. The van der Waals surface area contributed by atoms with Crippen LogP contribution >= 0.6 is 0 Å². The number of amides is 1. The predicted molar refractivity (Wildman–Crippen MR) is 71.6 cm³/mol. The first-order valence-corrected chi connectivity index (χ1v) is 6.32. The first-order chi connectivity index (χ1) is 8.61. The minimum absolute atomic E-state index is 0.0875. The van der Waals surface area contributed by atoms with Crippen LogP contribution in [0.15, 0.2) is 18.2 Å². The third kappa shape index (κ3) is 2.64. The van der Waals surface area contributed by atoms with Crippen LogP contribution in [0.5, 0.6) is 0 Å². The minimum atomic E-state index is 0.0875. The highest BCUT2D eigenvalue weighted by molar-refractivity contribution is 5.73. The van der Waals surface area contributed by atoms with Gasteiger partial charge in [0.15, 0.2) is 0 Å². The largest absolute Gasteiger partial charge is 0.392 e. The van der Waals surface area contributed by atoms with Gasteiger partial charge in [-0.1, -0.05) is 6.07 Å². The number of nitrogens with zero attached hydrogens (tertiary/aromatic N) is 2. The number of carbonyl (C=O) groups excluding carboxylic acids is 1. The summed E-state index contributed by atoms with van der Waals surface area (Å²) < 4.78 is 0. The van der Waals surface area contributed by atoms with Gasteiger partial charge in [-0.25, -0.2) is 0 Å². The van der Waals surface area contributed by atoms with Crippen LogP contribution in [0, 0.1) is 6.92 Å². The Balaban J connectivity index is 2.05. The van der Waals surface area contributed by atoms with Crippen LogP contribution in [0.25, 0.3) is 0 Å². The summed E-state index contributed by atoms with van der Waals surface area (Å²) in [6.45, 7) is 7.04. The lowest BCUT2D eigenvalue weighted by Gasteiger charge is -2.35. The number of carbonyl (C=O) groups is 1. The summed E-state index contributed by atoms with van der Waals surface area (Å²) in [6, 6.07) is 6.12. The molecule has 1 aromatic carbocycles. The van der Waals surface area contributed by atoms with Crippen LogP contribution in [0.3, 0.4) is 0 Å². The van der Waals surface area contributed by atoms with Crippen molar-refractivity contribution < 1.29 is 9.90 Å². The highest BCUT2D eigenvalue weighted by atomic mass is 16.3. The molecule has 0 bridgehead atoms. The topological polar surface area (TPSA) is 43.8 Å². The van der Waals surface area contributed by atoms with Crippen molar-refractivity contribution in [2.75, 3.05) is 31.1 Å². The first-order valence-electron chi connectivity index (χ1n) is 6.32. The average Bonchev–Trinajstić information content (AvgIpc) is 2.38. The van der Waals surface area contributed by atoms with E-state index in [1.807, 2.05) is 24.0 Å². The van der Waals surface area contributed by atoms with Gasteiger partial charge in [-0.05, 0) is 30.2 Å². The van der Waals surface area contributed by atoms with Gasteiger partial charge < -0.3 is 14.9 Å². The van der Waals surface area contributed by atoms with E-state index in [0.29, 0.717) is 0 Å². The quantitative estimate of drug-likeness (QED) is 0.854. The van der Waals surface area contributed by atoms with Crippen LogP contribution in [-0.4, -0.2) is 42.1 Å². The molecule has 18 heavy (non-hydrogen) atoms. The van der Waals surface area contributed by atoms with Crippen molar-refractivity contribution in [2.45, 2.75) is 20.5 Å². The number of aliphatic hydroxyl groups excluding tert-OH is 1. The zero-order valence-electron chi connectivity index (χ0n) is 11.0. The molecule has 2 rings (SSSR count). The molecular formula is C14H20N2O2. The van der Waals surface area contributed by atoms with Gasteiger partial charge in [0.25, 0.3) is 0 Å². The Morgan fingerprint density at radius 3 is 2.44 bits per heavy atom. The van der Waals surface area contributed by atoms with Gasteiger partial charge in [0, 0.05) is 38.8 Å². The fraction of sp³-hybridized carbons (Fsp3) is 0.500. The molecule has 1 aliphatic heterocycles. The second-order valence-electron chi connectivity index (χ2n) is 4.76. The standard InChI is InChI=1S/C14H20N2O2/c1-11-9-14(4-3-13(11)10-17)16-7-5-15(6-8-16)12(2)18/h3-4,9,17H,5-8,10H2,1-2H3. The van der Waals surface area contributed by atoms with Gasteiger partial charge in [-0.2, -0.15) is 0 Å². The SMILES string of the molecule is CC(=O)N1CCN(c2ccc(CO)c(C)c2)CC1. The van der Waals surface area contributed by atoms with Crippen LogP contribution < -0.4 is 4.90 Å². The lowest BCUT2D eigenvalue weighted by Crippen LogP contribution is -2.48. The van der Waals surface area contributed by atoms with Crippen LogP contribution in [0.2, 0.25) is 0 Å². The van der Waals surface area contributed by atoms with Gasteiger partial charge >= 0.3 is 0 Å². The van der Waals surface area contributed by atoms with Gasteiger partial charge in [0.1, 0.15) is 0 Å². The number of rotatable bonds is 2. The Morgan fingerprint density at radius 2 is 1.94 bits per heavy atom. The van der Waals surface area contributed by atoms with Crippen molar-refractivity contribution in [3.05, 3.63) is 29.3 Å². The molecule has 0 aromatic heterocycles. The second kappa shape index (κ2) is 5.40. The minimum Gasteiger partial charge on any atom is -0.392 e. The molecule has 1 saturated heterocycles. The summed E-state index contributed by atoms with van der Waals surface area (Å²) in [7, 11) is 0. The van der Waals surface area contributed by atoms with Crippen molar-refractivity contribution in [3.8, 4) is 0 Å². The third-order valence-corrected chi connectivity index (χ3v) is 3.59. The van der Waals surface area contributed by atoms with Gasteiger partial charge in [-0.3, -0.25) is 4.79 Å². The van der Waals surface area contributed by atoms with E-state index in [4.69, 9.17) is 5.11 Å². The Labute approximate surface area is 108 Å². The van der Waals surface area contributed by atoms with Crippen LogP contribution in [0.1, 0.15) is 18.1 Å². The van der Waals surface area contributed by atoms with E-state index < -0.39 is 0 Å². The molecule has 0 unspecified atom stereocenters. The second-order valence-corrected chi connectivity index (χ2v) is 4.76. The van der Waals surface area contributed by atoms with E-state index in [1.165, 1.54) is 5.69 Å². The molecule has 1 heterocycles. The molecule has 0 radical (unpaired) electrons. The van der Waals surface area contributed by atoms with Gasteiger partial charge in [0.05, 0.1) is 6.61 Å². The number of anilines is 1. The molecule has 1 aliphatic rings. The Morgan fingerprint density at radius 1 is 1.28 bits per heavy atom. The molecule has 4 nitrogen and oxygen atoms in total. The van der Waals surface area contributed by atoms with Crippen molar-refractivity contribution in [1.29, 1.82) is 0 Å². The maximum atomic E-state index is 11.3. The lowest BCUT2D eigenvalue weighted by atomic mass is 10.1. The number of aliphatic hydroxyl groups is 1. The summed E-state index contributed by atoms with van der Waals surface area (Å²) in [6.07, 6.45) is 0. The fourth-order valence-electron chi connectivity index (χ4n) is 2.33. The number of benzene rings is 1. The van der Waals surface area contributed by atoms with E-state index >= 15 is 0 Å². The summed E-state index contributed by atoms with van der Waals surface area (Å²) in [5, 5.41) is 9.16. The maximum Gasteiger partial charge on any atom is 0.219 e. The van der Waals surface area contributed by atoms with Crippen molar-refractivity contribution in [3.63, 3.8) is 0 Å². The molecule has 1 fully saturated rings. The Kier molecular flexibility index (Phi) is 3.87. The van der Waals surface area contributed by atoms with Crippen molar-refractivity contribution >= 4 is 11.6 Å². The number of piperazine rings is 1. The van der Waals surface area contributed by atoms with E-state index in [2.05, 4.69) is 11.0 Å². The van der Waals surface area contributed by atoms with E-state index in [-0.39, 0.29) is 12.5 Å². The number of hydrogen-bond acceptors (Lipinski definition) is 3. The normalized spacial score (nSPS) is 15.9. The average molecular weight is 248 g/mol. The molecule has 0 spiro atoms. The predicted octanol–water partition coefficient (Wildman–Crippen LogP) is 1.16. The summed E-state index contributed by atoms with van der Waals surface area (Å²) >= 11 is 0. The fourth-order valence-corrected chi connectivity index (χ4v) is 2.33. The molecular weight excluding hydrogens is 228 g/mol. The Bertz CT molecular complexity index is 437. The maximum absolute atomic E-state index is 11.3. The van der Waals surface area contributed by atoms with Crippen LogP contribution in [0.4, 0.5) is 5.69 Å². The molecule has 4 heteroatoms. The summed E-state index contributed by atoms with van der Waals surface area (Å²) in [5.74, 6) is 0.154. The molecule has 0 aliphatic carbocycles. The third-order valence-electron chi connectivity index (χ3n) is 3.59. The summed E-state index contributed by atoms with van der Waals surface area (Å²) in [5.41, 5.74) is 3.26. The van der Waals surface area contributed by atoms with Crippen molar-refractivity contribution in [1.82, 2.24) is 4.90 Å². The number of aryl methyl sites for hydroxylation is 1. The highest BCUT2D eigenvalue weighted by Gasteiger charge is 2.18. The molecule has 0 atom stereocenters. The highest BCUT2D eigenvalue weighted by Crippen LogP contribution is 2.20. The molecule has 1 amide bonds.